The Hall–Kier alpha value is -1.55. The summed E-state index contributed by atoms with van der Waals surface area (Å²) in [5, 5.41) is 19.7. The fraction of sp³-hybridized carbons (Fsp3) is 0.462. The molecule has 0 saturated carbocycles. The molecule has 0 bridgehead atoms. The third-order valence-electron chi connectivity index (χ3n) is 2.47. The molecule has 0 heterocycles. The van der Waals surface area contributed by atoms with Gasteiger partial charge < -0.3 is 14.9 Å². The molecule has 94 valence electrons. The molecule has 0 aromatic heterocycles. The van der Waals surface area contributed by atoms with Gasteiger partial charge in [0.25, 0.3) is 0 Å². The molecule has 0 spiro atoms. The van der Waals surface area contributed by atoms with Gasteiger partial charge in [-0.3, -0.25) is 0 Å². The third kappa shape index (κ3) is 3.20. The van der Waals surface area contributed by atoms with Crippen LogP contribution in [0.4, 0.5) is 0 Å². The third-order valence-corrected chi connectivity index (χ3v) is 2.47. The molecule has 1 aromatic carbocycles. The van der Waals surface area contributed by atoms with Gasteiger partial charge in [0, 0.05) is 5.56 Å². The first-order valence-electron chi connectivity index (χ1n) is 5.78. The van der Waals surface area contributed by atoms with Crippen LogP contribution in [0, 0.1) is 0 Å². The van der Waals surface area contributed by atoms with Gasteiger partial charge in [0.2, 0.25) is 0 Å². The van der Waals surface area contributed by atoms with Crippen molar-refractivity contribution in [2.75, 3.05) is 6.61 Å². The van der Waals surface area contributed by atoms with Crippen LogP contribution in [0.2, 0.25) is 0 Å². The van der Waals surface area contributed by atoms with Crippen molar-refractivity contribution >= 4 is 5.97 Å². The lowest BCUT2D eigenvalue weighted by Crippen LogP contribution is -2.11. The topological polar surface area (TPSA) is 66.8 Å². The van der Waals surface area contributed by atoms with E-state index in [1.165, 1.54) is 6.07 Å². The number of carbonyl (C=O) groups excluding carboxylic acids is 1. The molecule has 0 aliphatic heterocycles. The highest BCUT2D eigenvalue weighted by Crippen LogP contribution is 2.30. The second kappa shape index (κ2) is 6.25. The molecular weight excluding hydrogens is 220 g/mol. The minimum atomic E-state index is -0.847. The van der Waals surface area contributed by atoms with Crippen LogP contribution in [0.15, 0.2) is 18.2 Å². The molecule has 0 radical (unpaired) electrons. The van der Waals surface area contributed by atoms with Gasteiger partial charge in [-0.15, -0.1) is 0 Å². The molecule has 4 heteroatoms. The van der Waals surface area contributed by atoms with Gasteiger partial charge in [-0.2, -0.15) is 0 Å². The largest absolute Gasteiger partial charge is 0.508 e. The molecule has 4 nitrogen and oxygen atoms in total. The Bertz CT molecular complexity index is 387. The first-order valence-corrected chi connectivity index (χ1v) is 5.78. The van der Waals surface area contributed by atoms with E-state index in [4.69, 9.17) is 4.74 Å². The molecule has 1 atom stereocenters. The zero-order valence-corrected chi connectivity index (χ0v) is 10.1. The lowest BCUT2D eigenvalue weighted by Gasteiger charge is -2.15. The summed E-state index contributed by atoms with van der Waals surface area (Å²) in [6, 6.07) is 4.56. The predicted molar refractivity (Wildman–Crippen MR) is 63.9 cm³/mol. The van der Waals surface area contributed by atoms with Crippen LogP contribution >= 0.6 is 0 Å². The summed E-state index contributed by atoms with van der Waals surface area (Å²) >= 11 is 0. The van der Waals surface area contributed by atoms with Crippen LogP contribution in [0.5, 0.6) is 5.75 Å². The first kappa shape index (κ1) is 13.5. The number of phenols is 1. The Balaban J connectivity index is 3.12. The van der Waals surface area contributed by atoms with Crippen molar-refractivity contribution in [3.63, 3.8) is 0 Å². The van der Waals surface area contributed by atoms with Crippen LogP contribution in [0.25, 0.3) is 0 Å². The van der Waals surface area contributed by atoms with Crippen LogP contribution in [-0.2, 0) is 4.74 Å². The highest BCUT2D eigenvalue weighted by molar-refractivity contribution is 5.92. The second-order valence-electron chi connectivity index (χ2n) is 3.76. The van der Waals surface area contributed by atoms with E-state index >= 15 is 0 Å². The van der Waals surface area contributed by atoms with Crippen LogP contribution in [-0.4, -0.2) is 22.8 Å². The molecule has 0 fully saturated rings. The maximum Gasteiger partial charge on any atom is 0.338 e. The van der Waals surface area contributed by atoms with Gasteiger partial charge in [-0.25, -0.2) is 4.79 Å². The van der Waals surface area contributed by atoms with E-state index in [-0.39, 0.29) is 23.5 Å². The minimum absolute atomic E-state index is 0.0727. The Morgan fingerprint density at radius 1 is 1.41 bits per heavy atom. The standard InChI is InChI=1S/C13H18O4/c1-3-6-10(14)12-9(13(16)17-4-2)7-5-8-11(12)15/h5,7-8,10,14-15H,3-4,6H2,1-2H3. The number of aliphatic hydroxyl groups is 1. The number of phenolic OH excluding ortho intramolecular Hbond substituents is 1. The Labute approximate surface area is 101 Å². The summed E-state index contributed by atoms with van der Waals surface area (Å²) in [6.07, 6.45) is 0.405. The van der Waals surface area contributed by atoms with E-state index in [2.05, 4.69) is 0 Å². The van der Waals surface area contributed by atoms with Crippen LogP contribution < -0.4 is 0 Å². The molecule has 0 saturated heterocycles. The summed E-state index contributed by atoms with van der Waals surface area (Å²) in [4.78, 5) is 11.7. The average Bonchev–Trinajstić information content (AvgIpc) is 2.29. The monoisotopic (exact) mass is 238 g/mol. The van der Waals surface area contributed by atoms with Crippen LogP contribution in [0.3, 0.4) is 0 Å². The zero-order valence-electron chi connectivity index (χ0n) is 10.1. The first-order chi connectivity index (χ1) is 8.11. The maximum absolute atomic E-state index is 11.7. The number of rotatable bonds is 5. The quantitative estimate of drug-likeness (QED) is 0.773. The van der Waals surface area contributed by atoms with E-state index in [0.29, 0.717) is 6.42 Å². The summed E-state index contributed by atoms with van der Waals surface area (Å²) in [7, 11) is 0. The van der Waals surface area contributed by atoms with Crippen molar-refractivity contribution < 1.29 is 19.7 Å². The average molecular weight is 238 g/mol. The van der Waals surface area contributed by atoms with Gasteiger partial charge in [-0.05, 0) is 25.5 Å². The fourth-order valence-electron chi connectivity index (χ4n) is 1.71. The van der Waals surface area contributed by atoms with Gasteiger partial charge >= 0.3 is 5.97 Å². The number of benzene rings is 1. The molecule has 2 N–H and O–H groups in total. The summed E-state index contributed by atoms with van der Waals surface area (Å²) in [5.74, 6) is -0.593. The van der Waals surface area contributed by atoms with Crippen molar-refractivity contribution in [1.82, 2.24) is 0 Å². The van der Waals surface area contributed by atoms with Gasteiger partial charge in [0.15, 0.2) is 0 Å². The van der Waals surface area contributed by atoms with E-state index < -0.39 is 12.1 Å². The molecule has 1 rings (SSSR count). The minimum Gasteiger partial charge on any atom is -0.508 e. The lowest BCUT2D eigenvalue weighted by molar-refractivity contribution is 0.0517. The lowest BCUT2D eigenvalue weighted by atomic mass is 9.98. The number of hydrogen-bond acceptors (Lipinski definition) is 4. The van der Waals surface area contributed by atoms with Crippen molar-refractivity contribution in [2.45, 2.75) is 32.8 Å². The van der Waals surface area contributed by atoms with Crippen LogP contribution in [0.1, 0.15) is 48.7 Å². The van der Waals surface area contributed by atoms with Crippen molar-refractivity contribution in [3.8, 4) is 5.75 Å². The summed E-state index contributed by atoms with van der Waals surface area (Å²) in [5.41, 5.74) is 0.487. The van der Waals surface area contributed by atoms with Gasteiger partial charge in [0.05, 0.1) is 18.3 Å². The van der Waals surface area contributed by atoms with Gasteiger partial charge in [-0.1, -0.05) is 19.4 Å². The highest BCUT2D eigenvalue weighted by Gasteiger charge is 2.21. The van der Waals surface area contributed by atoms with E-state index in [0.717, 1.165) is 6.42 Å². The molecule has 1 aromatic rings. The van der Waals surface area contributed by atoms with E-state index in [1.54, 1.807) is 19.1 Å². The van der Waals surface area contributed by atoms with E-state index in [9.17, 15) is 15.0 Å². The molecule has 17 heavy (non-hydrogen) atoms. The summed E-state index contributed by atoms with van der Waals surface area (Å²) in [6.45, 7) is 3.90. The molecule has 0 aliphatic rings. The Kier molecular flexibility index (Phi) is 4.97. The maximum atomic E-state index is 11.7. The van der Waals surface area contributed by atoms with Gasteiger partial charge in [0.1, 0.15) is 5.75 Å². The fourth-order valence-corrected chi connectivity index (χ4v) is 1.71. The van der Waals surface area contributed by atoms with Crippen molar-refractivity contribution in [3.05, 3.63) is 29.3 Å². The second-order valence-corrected chi connectivity index (χ2v) is 3.76. The van der Waals surface area contributed by atoms with E-state index in [1.807, 2.05) is 6.92 Å². The van der Waals surface area contributed by atoms with Crippen molar-refractivity contribution in [2.24, 2.45) is 0 Å². The SMILES string of the molecule is CCCC(O)c1c(O)cccc1C(=O)OCC. The van der Waals surface area contributed by atoms with Crippen molar-refractivity contribution in [1.29, 1.82) is 0 Å². The molecule has 1 unspecified atom stereocenters. The number of aromatic hydroxyl groups is 1. The molecular formula is C13H18O4. The number of hydrogen-bond donors (Lipinski definition) is 2. The molecule has 0 aliphatic carbocycles. The summed E-state index contributed by atoms with van der Waals surface area (Å²) < 4.78 is 4.89. The number of ether oxygens (including phenoxy) is 1. The number of carbonyl (C=O) groups is 1. The highest BCUT2D eigenvalue weighted by atomic mass is 16.5. The predicted octanol–water partition coefficient (Wildman–Crippen LogP) is 2.40. The molecule has 0 amide bonds. The number of aliphatic hydroxyl groups excluding tert-OH is 1. The normalized spacial score (nSPS) is 12.2. The Morgan fingerprint density at radius 2 is 2.12 bits per heavy atom. The number of esters is 1. The smallest absolute Gasteiger partial charge is 0.338 e. The Morgan fingerprint density at radius 3 is 2.71 bits per heavy atom. The zero-order chi connectivity index (χ0) is 12.8.